The second-order valence-corrected chi connectivity index (χ2v) is 9.14. The maximum absolute atomic E-state index is 13.4. The number of halogens is 1. The van der Waals surface area contributed by atoms with Gasteiger partial charge in [0.15, 0.2) is 0 Å². The maximum Gasteiger partial charge on any atom is 0.300 e. The molecular weight excluding hydrogens is 494 g/mol. The first-order chi connectivity index (χ1) is 17.6. The molecule has 0 radical (unpaired) electrons. The first-order valence-corrected chi connectivity index (χ1v) is 11.8. The van der Waals surface area contributed by atoms with Crippen molar-refractivity contribution in [3.05, 3.63) is 88.5 Å². The number of ether oxygens (including phenoxy) is 1. The van der Waals surface area contributed by atoms with Gasteiger partial charge in [-0.2, -0.15) is 0 Å². The number of carbonyl (C=O) groups is 3. The Morgan fingerprint density at radius 3 is 2.24 bits per heavy atom. The quantitative estimate of drug-likeness (QED) is 0.270. The third-order valence-electron chi connectivity index (χ3n) is 6.06. The fourth-order valence-corrected chi connectivity index (χ4v) is 4.44. The molecule has 1 saturated heterocycles. The second kappa shape index (κ2) is 10.4. The predicted octanol–water partition coefficient (Wildman–Crippen LogP) is 5.00. The Balaban J connectivity index is 1.91. The van der Waals surface area contributed by atoms with Crippen molar-refractivity contribution < 1.29 is 24.2 Å². The number of benzene rings is 3. The summed E-state index contributed by atoms with van der Waals surface area (Å²) >= 11 is 6.37. The molecule has 190 valence electrons. The number of amides is 2. The number of Topliss-reactive ketones (excluding diaryl/α,β-unsaturated/α-hetero) is 1. The third kappa shape index (κ3) is 5.01. The van der Waals surface area contributed by atoms with Crippen LogP contribution in [0.2, 0.25) is 5.02 Å². The molecule has 37 heavy (non-hydrogen) atoms. The highest BCUT2D eigenvalue weighted by molar-refractivity contribution is 6.52. The molecule has 1 fully saturated rings. The molecule has 1 aliphatic heterocycles. The van der Waals surface area contributed by atoms with Gasteiger partial charge in [-0.3, -0.25) is 19.3 Å². The van der Waals surface area contributed by atoms with Crippen LogP contribution in [0.25, 0.3) is 5.76 Å². The summed E-state index contributed by atoms with van der Waals surface area (Å²) < 4.78 is 5.26. The van der Waals surface area contributed by atoms with Crippen LogP contribution in [0, 0.1) is 0 Å². The van der Waals surface area contributed by atoms with Gasteiger partial charge in [0.05, 0.1) is 23.7 Å². The Morgan fingerprint density at radius 2 is 1.68 bits per heavy atom. The summed E-state index contributed by atoms with van der Waals surface area (Å²) in [5, 5.41) is 14.3. The Labute approximate surface area is 219 Å². The van der Waals surface area contributed by atoms with Gasteiger partial charge in [-0.15, -0.1) is 0 Å². The molecule has 3 aromatic rings. The van der Waals surface area contributed by atoms with Gasteiger partial charge in [-0.1, -0.05) is 23.7 Å². The van der Waals surface area contributed by atoms with Crippen LogP contribution in [-0.4, -0.2) is 43.9 Å². The number of carbonyl (C=O) groups excluding carboxylic acids is 3. The summed E-state index contributed by atoms with van der Waals surface area (Å²) in [6.07, 6.45) is 0. The largest absolute Gasteiger partial charge is 0.507 e. The van der Waals surface area contributed by atoms with E-state index in [0.717, 1.165) is 5.69 Å². The molecule has 0 aromatic heterocycles. The second-order valence-electron chi connectivity index (χ2n) is 8.73. The molecule has 0 bridgehead atoms. The van der Waals surface area contributed by atoms with Gasteiger partial charge in [0.25, 0.3) is 11.7 Å². The Hall–Kier alpha value is -4.30. The lowest BCUT2D eigenvalue weighted by atomic mass is 9.94. The lowest BCUT2D eigenvalue weighted by Crippen LogP contribution is -2.29. The molecule has 4 rings (SSSR count). The summed E-state index contributed by atoms with van der Waals surface area (Å²) in [6, 6.07) is 17.7. The molecule has 9 heteroatoms. The van der Waals surface area contributed by atoms with Crippen LogP contribution in [-0.2, 0) is 14.4 Å². The van der Waals surface area contributed by atoms with E-state index in [1.807, 2.05) is 43.3 Å². The number of hydrogen-bond acceptors (Lipinski definition) is 6. The van der Waals surface area contributed by atoms with Gasteiger partial charge in [0.2, 0.25) is 5.91 Å². The lowest BCUT2D eigenvalue weighted by Gasteiger charge is -2.26. The first-order valence-electron chi connectivity index (χ1n) is 11.4. The number of nitrogens with zero attached hydrogens (tertiary/aromatic N) is 2. The van der Waals surface area contributed by atoms with Gasteiger partial charge in [-0.05, 0) is 60.2 Å². The fraction of sp³-hybridized carbons (Fsp3) is 0.179. The van der Waals surface area contributed by atoms with Gasteiger partial charge in [-0.25, -0.2) is 0 Å². The molecule has 3 aromatic carbocycles. The van der Waals surface area contributed by atoms with Gasteiger partial charge < -0.3 is 20.1 Å². The zero-order chi connectivity index (χ0) is 26.9. The monoisotopic (exact) mass is 519 g/mol. The number of aliphatic hydroxyl groups excluding tert-OH is 1. The van der Waals surface area contributed by atoms with Gasteiger partial charge in [0, 0.05) is 43.6 Å². The number of nitrogens with one attached hydrogen (secondary N) is 1. The molecule has 2 amide bonds. The van der Waals surface area contributed by atoms with E-state index in [0.29, 0.717) is 22.7 Å². The Kier molecular flexibility index (Phi) is 7.22. The third-order valence-corrected chi connectivity index (χ3v) is 6.39. The lowest BCUT2D eigenvalue weighted by molar-refractivity contribution is -0.132. The zero-order valence-corrected chi connectivity index (χ0v) is 21.5. The number of rotatable bonds is 6. The Bertz CT molecular complexity index is 1400. The van der Waals surface area contributed by atoms with E-state index >= 15 is 0 Å². The SMILES string of the molecule is COc1ccc(Cl)c(/C(O)=C2\C(=O)C(=O)N(c3ccc(NC(C)=O)cc3)C2c2ccc(N(C)C)cc2)c1. The predicted molar refractivity (Wildman–Crippen MR) is 144 cm³/mol. The highest BCUT2D eigenvalue weighted by Crippen LogP contribution is 2.43. The van der Waals surface area contributed by atoms with E-state index in [-0.39, 0.29) is 22.1 Å². The first kappa shape index (κ1) is 25.8. The van der Waals surface area contributed by atoms with Crippen molar-refractivity contribution in [3.63, 3.8) is 0 Å². The number of hydrogen-bond donors (Lipinski definition) is 2. The molecule has 1 aliphatic rings. The average Bonchev–Trinajstić information content (AvgIpc) is 3.14. The molecule has 1 atom stereocenters. The van der Waals surface area contributed by atoms with E-state index in [2.05, 4.69) is 5.32 Å². The normalized spacial score (nSPS) is 16.6. The van der Waals surface area contributed by atoms with E-state index < -0.39 is 23.5 Å². The van der Waals surface area contributed by atoms with Crippen molar-refractivity contribution in [2.24, 2.45) is 0 Å². The zero-order valence-electron chi connectivity index (χ0n) is 20.8. The average molecular weight is 520 g/mol. The summed E-state index contributed by atoms with van der Waals surface area (Å²) in [4.78, 5) is 41.4. The van der Waals surface area contributed by atoms with Crippen LogP contribution in [0.5, 0.6) is 5.75 Å². The highest BCUT2D eigenvalue weighted by Gasteiger charge is 2.47. The highest BCUT2D eigenvalue weighted by atomic mass is 35.5. The van der Waals surface area contributed by atoms with Crippen LogP contribution in [0.4, 0.5) is 17.1 Å². The number of anilines is 3. The van der Waals surface area contributed by atoms with Crippen molar-refractivity contribution in [2.45, 2.75) is 13.0 Å². The van der Waals surface area contributed by atoms with Crippen molar-refractivity contribution in [2.75, 3.05) is 36.3 Å². The Morgan fingerprint density at radius 1 is 1.03 bits per heavy atom. The van der Waals surface area contributed by atoms with Crippen molar-refractivity contribution in [1.29, 1.82) is 0 Å². The minimum atomic E-state index is -0.926. The molecule has 2 N–H and O–H groups in total. The molecule has 8 nitrogen and oxygen atoms in total. The van der Waals surface area contributed by atoms with Crippen molar-refractivity contribution in [3.8, 4) is 5.75 Å². The van der Waals surface area contributed by atoms with E-state index in [1.54, 1.807) is 36.4 Å². The molecule has 0 spiro atoms. The molecule has 0 aliphatic carbocycles. The van der Waals surface area contributed by atoms with Crippen LogP contribution in [0.3, 0.4) is 0 Å². The smallest absolute Gasteiger partial charge is 0.300 e. The van der Waals surface area contributed by atoms with E-state index in [4.69, 9.17) is 16.3 Å². The molecular formula is C28H26ClN3O5. The summed E-state index contributed by atoms with van der Waals surface area (Å²) in [5.41, 5.74) is 2.60. The molecule has 1 unspecified atom stereocenters. The minimum Gasteiger partial charge on any atom is -0.507 e. The van der Waals surface area contributed by atoms with Gasteiger partial charge >= 0.3 is 0 Å². The minimum absolute atomic E-state index is 0.0938. The van der Waals surface area contributed by atoms with Crippen LogP contribution in [0.1, 0.15) is 24.1 Å². The fourth-order valence-electron chi connectivity index (χ4n) is 4.24. The van der Waals surface area contributed by atoms with Crippen molar-refractivity contribution in [1.82, 2.24) is 0 Å². The van der Waals surface area contributed by atoms with Crippen molar-refractivity contribution >= 4 is 52.0 Å². The van der Waals surface area contributed by atoms with Gasteiger partial charge in [0.1, 0.15) is 11.5 Å². The summed E-state index contributed by atoms with van der Waals surface area (Å²) in [6.45, 7) is 1.40. The standard InChI is InChI=1S/C28H26ClN3O5/c1-16(33)30-18-7-11-20(12-8-18)32-25(17-5-9-19(10-6-17)31(2)3)24(27(35)28(32)36)26(34)22-15-21(37-4)13-14-23(22)29/h5-15,25,34H,1-4H3,(H,30,33)/b26-24+. The topological polar surface area (TPSA) is 99.2 Å². The molecule has 1 heterocycles. The van der Waals surface area contributed by atoms with Crippen LogP contribution >= 0.6 is 11.6 Å². The number of ketones is 1. The summed E-state index contributed by atoms with van der Waals surface area (Å²) in [7, 11) is 5.29. The molecule has 0 saturated carbocycles. The number of aliphatic hydroxyl groups is 1. The van der Waals surface area contributed by atoms with Crippen LogP contribution < -0.4 is 19.9 Å². The van der Waals surface area contributed by atoms with Crippen LogP contribution in [0.15, 0.2) is 72.3 Å². The number of methoxy groups -OCH3 is 1. The summed E-state index contributed by atoms with van der Waals surface area (Å²) in [5.74, 6) is -1.84. The van der Waals surface area contributed by atoms with E-state index in [9.17, 15) is 19.5 Å². The van der Waals surface area contributed by atoms with E-state index in [1.165, 1.54) is 25.0 Å². The maximum atomic E-state index is 13.4.